The molecule has 0 bridgehead atoms. The van der Waals surface area contributed by atoms with E-state index >= 15 is 0 Å². The molecule has 0 saturated carbocycles. The summed E-state index contributed by atoms with van der Waals surface area (Å²) in [5.41, 5.74) is 2.25. The average molecular weight is 634 g/mol. The lowest BCUT2D eigenvalue weighted by atomic mass is 10.0. The molecule has 1 aliphatic heterocycles. The number of fused-ring (bicyclic) bond motifs is 3. The van der Waals surface area contributed by atoms with Crippen molar-refractivity contribution < 1.29 is 22.0 Å². The molecule has 1 aromatic heterocycles. The molecule has 0 radical (unpaired) electrons. The molecule has 0 fully saturated rings. The van der Waals surface area contributed by atoms with E-state index in [-0.39, 0.29) is 6.10 Å². The fourth-order valence-corrected chi connectivity index (χ4v) is 7.63. The van der Waals surface area contributed by atoms with Crippen LogP contribution in [0.2, 0.25) is 5.02 Å². The second-order valence-electron chi connectivity index (χ2n) is 6.64. The quantitative estimate of drug-likeness (QED) is 0.161. The van der Waals surface area contributed by atoms with Gasteiger partial charge in [-0.1, -0.05) is 62.3 Å². The Labute approximate surface area is 212 Å². The molecule has 2 aromatic carbocycles. The zero-order valence-electron chi connectivity index (χ0n) is 16.9. The Morgan fingerprint density at radius 2 is 1.62 bits per heavy atom. The van der Waals surface area contributed by atoms with E-state index in [2.05, 4.69) is 68.5 Å². The maximum Gasteiger partial charge on any atom is 0.673 e. The fourth-order valence-electron chi connectivity index (χ4n) is 3.15. The summed E-state index contributed by atoms with van der Waals surface area (Å²) in [7, 11) is -6.00. The monoisotopic (exact) mass is 631 g/mol. The molecule has 0 saturated heterocycles. The largest absolute Gasteiger partial charge is 0.673 e. The Hall–Kier alpha value is -0.875. The Kier molecular flexibility index (Phi) is 8.52. The highest BCUT2D eigenvalue weighted by Gasteiger charge is 2.33. The molecule has 0 amide bonds. The van der Waals surface area contributed by atoms with Gasteiger partial charge in [0.05, 0.1) is 14.2 Å². The summed E-state index contributed by atoms with van der Waals surface area (Å²) in [6.07, 6.45) is -0.132. The van der Waals surface area contributed by atoms with E-state index in [1.807, 2.05) is 40.9 Å². The predicted molar refractivity (Wildman–Crippen MR) is 133 cm³/mol. The highest BCUT2D eigenvalue weighted by Crippen LogP contribution is 2.51. The minimum Gasteiger partial charge on any atom is -0.478 e. The second-order valence-corrected chi connectivity index (χ2v) is 11.1. The van der Waals surface area contributed by atoms with E-state index in [9.17, 15) is 17.3 Å². The van der Waals surface area contributed by atoms with Crippen LogP contribution in [0, 0.1) is 0 Å². The Morgan fingerprint density at radius 1 is 1.03 bits per heavy atom. The first kappa shape index (κ1) is 25.7. The van der Waals surface area contributed by atoms with E-state index < -0.39 is 7.25 Å². The van der Waals surface area contributed by atoms with E-state index in [0.717, 1.165) is 43.9 Å². The van der Waals surface area contributed by atoms with Gasteiger partial charge >= 0.3 is 11.2 Å². The zero-order chi connectivity index (χ0) is 23.6. The number of rotatable bonds is 3. The fraction of sp³-hybridized carbons (Fsp3) is 0.250. The van der Waals surface area contributed by atoms with Crippen LogP contribution in [0.25, 0.3) is 10.4 Å². The van der Waals surface area contributed by atoms with Crippen LogP contribution >= 0.6 is 66.1 Å². The van der Waals surface area contributed by atoms with Crippen LogP contribution in [-0.2, 0) is 0 Å². The Bertz CT molecular complexity index is 1170. The Morgan fingerprint density at radius 3 is 2.19 bits per heavy atom. The summed E-state index contributed by atoms with van der Waals surface area (Å²) in [4.78, 5) is 2.53. The van der Waals surface area contributed by atoms with Gasteiger partial charge in [0.15, 0.2) is 6.10 Å². The molecule has 0 spiro atoms. The van der Waals surface area contributed by atoms with Crippen molar-refractivity contribution in [1.82, 2.24) is 4.58 Å². The van der Waals surface area contributed by atoms with Crippen LogP contribution in [0.15, 0.2) is 45.3 Å². The molecule has 32 heavy (non-hydrogen) atoms. The molecule has 1 atom stereocenters. The third-order valence-corrected chi connectivity index (χ3v) is 8.61. The van der Waals surface area contributed by atoms with Crippen molar-refractivity contribution >= 4 is 73.4 Å². The number of halogens is 7. The second kappa shape index (κ2) is 10.6. The molecule has 2 nitrogen and oxygen atoms in total. The van der Waals surface area contributed by atoms with Gasteiger partial charge in [-0.05, 0) is 59.6 Å². The molecule has 12 heteroatoms. The summed E-state index contributed by atoms with van der Waals surface area (Å²) in [6, 6.07) is 12.1. The third-order valence-electron chi connectivity index (χ3n) is 4.53. The van der Waals surface area contributed by atoms with Gasteiger partial charge in [0, 0.05) is 15.1 Å². The van der Waals surface area contributed by atoms with E-state index in [1.165, 1.54) is 13.7 Å². The Balaban J connectivity index is 0.000000523. The van der Waals surface area contributed by atoms with Crippen LogP contribution in [0.5, 0.6) is 5.75 Å². The van der Waals surface area contributed by atoms with Crippen molar-refractivity contribution in [2.75, 3.05) is 13.1 Å². The van der Waals surface area contributed by atoms with Crippen LogP contribution in [0.1, 0.15) is 30.4 Å². The standard InChI is InChI=1S/C20H17Br2ClNOS2.BF4/c1-3-24(4-2)20-26-18-14-9-12(21)10-15(22)17(14)25-16(19(18)27-20)11-5-7-13(23)8-6-11;2-1(3,4)5/h5-10,16H,3-4H2,1-2H3;/q+1;-1. The van der Waals surface area contributed by atoms with E-state index in [0.29, 0.717) is 0 Å². The van der Waals surface area contributed by atoms with Crippen molar-refractivity contribution in [2.45, 2.75) is 20.0 Å². The molecule has 2 heterocycles. The minimum atomic E-state index is -6.00. The first-order chi connectivity index (χ1) is 15.0. The molecular formula is C20H17BBr2ClF4NOS2. The zero-order valence-corrected chi connectivity index (χ0v) is 22.4. The summed E-state index contributed by atoms with van der Waals surface area (Å²) < 4.78 is 51.2. The number of ether oxygens (including phenoxy) is 1. The van der Waals surface area contributed by atoms with Crippen molar-refractivity contribution in [3.63, 3.8) is 0 Å². The topological polar surface area (TPSA) is 12.2 Å². The van der Waals surface area contributed by atoms with E-state index in [1.54, 1.807) is 0 Å². The predicted octanol–water partition coefficient (Wildman–Crippen LogP) is 8.25. The van der Waals surface area contributed by atoms with Crippen LogP contribution in [0.3, 0.4) is 0 Å². The van der Waals surface area contributed by atoms with Crippen LogP contribution in [-0.4, -0.2) is 20.3 Å². The number of hydrogen-bond donors (Lipinski definition) is 0. The lowest BCUT2D eigenvalue weighted by Gasteiger charge is -2.27. The van der Waals surface area contributed by atoms with Crippen molar-refractivity contribution in [1.29, 1.82) is 0 Å². The van der Waals surface area contributed by atoms with E-state index in [4.69, 9.17) is 16.3 Å². The SMILES string of the molecule is CC[N+](CC)=c1sc2c(s1)C(c1ccc(Cl)cc1)Oc1c(Br)cc(Br)cc1-2.F[B-](F)(F)F. The molecule has 0 N–H and O–H groups in total. The van der Waals surface area contributed by atoms with Gasteiger partial charge in [0.1, 0.15) is 18.8 Å². The van der Waals surface area contributed by atoms with Gasteiger partial charge in [0.25, 0.3) is 0 Å². The molecule has 1 unspecified atom stereocenters. The van der Waals surface area contributed by atoms with Crippen LogP contribution < -0.4 is 13.3 Å². The smallest absolute Gasteiger partial charge is 0.478 e. The first-order valence-corrected chi connectivity index (χ1v) is 13.1. The van der Waals surface area contributed by atoms with Gasteiger partial charge in [-0.15, -0.1) is 0 Å². The summed E-state index contributed by atoms with van der Waals surface area (Å²) in [5.74, 6) is 0.894. The van der Waals surface area contributed by atoms with Crippen molar-refractivity contribution in [2.24, 2.45) is 0 Å². The van der Waals surface area contributed by atoms with Crippen molar-refractivity contribution in [3.8, 4) is 16.2 Å². The normalized spacial score (nSPS) is 14.6. The highest BCUT2D eigenvalue weighted by atomic mass is 79.9. The minimum absolute atomic E-state index is 0.132. The van der Waals surface area contributed by atoms with Gasteiger partial charge in [-0.2, -0.15) is 0 Å². The lowest BCUT2D eigenvalue weighted by molar-refractivity contribution is 0.246. The van der Waals surface area contributed by atoms with Gasteiger partial charge in [-0.25, -0.2) is 4.58 Å². The first-order valence-electron chi connectivity index (χ1n) is 9.52. The van der Waals surface area contributed by atoms with Crippen molar-refractivity contribution in [3.05, 3.63) is 64.8 Å². The molecular weight excluding hydrogens is 616 g/mol. The van der Waals surface area contributed by atoms with Gasteiger partial charge < -0.3 is 22.0 Å². The summed E-state index contributed by atoms with van der Waals surface area (Å²) in [5, 5.41) is 0.734. The lowest BCUT2D eigenvalue weighted by Crippen LogP contribution is -2.25. The number of hydrogen-bond acceptors (Lipinski definition) is 3. The molecule has 3 aromatic rings. The maximum absolute atomic E-state index is 9.75. The number of benzene rings is 2. The summed E-state index contributed by atoms with van der Waals surface area (Å²) in [6.45, 7) is 6.38. The van der Waals surface area contributed by atoms with Gasteiger partial charge in [-0.3, -0.25) is 0 Å². The van der Waals surface area contributed by atoms with Crippen LogP contribution in [0.4, 0.5) is 17.3 Å². The molecule has 4 rings (SSSR count). The summed E-state index contributed by atoms with van der Waals surface area (Å²) >= 11 is 17.1. The number of nitrogens with zero attached hydrogens (tertiary/aromatic N) is 1. The molecule has 0 aliphatic carbocycles. The maximum atomic E-state index is 9.75. The molecule has 172 valence electrons. The third kappa shape index (κ3) is 6.17. The highest BCUT2D eigenvalue weighted by molar-refractivity contribution is 9.11. The molecule has 1 aliphatic rings. The van der Waals surface area contributed by atoms with Gasteiger partial charge in [0.2, 0.25) is 0 Å². The average Bonchev–Trinajstić information content (AvgIpc) is 3.13.